The van der Waals surface area contributed by atoms with Crippen LogP contribution in [0.2, 0.25) is 0 Å². The molecule has 1 nitrogen and oxygen atoms in total. The number of carbonyl (C=O) groups is 1. The van der Waals surface area contributed by atoms with Crippen LogP contribution in [0.4, 0.5) is 0 Å². The molecule has 0 amide bonds. The Morgan fingerprint density at radius 3 is 2.92 bits per heavy atom. The highest BCUT2D eigenvalue weighted by Gasteiger charge is 2.09. The van der Waals surface area contributed by atoms with Crippen molar-refractivity contribution in [3.63, 3.8) is 0 Å². The molecule has 0 fully saturated rings. The van der Waals surface area contributed by atoms with Gasteiger partial charge in [-0.15, -0.1) is 0 Å². The van der Waals surface area contributed by atoms with Gasteiger partial charge in [0.25, 0.3) is 0 Å². The first-order valence-corrected chi connectivity index (χ1v) is 6.63. The highest BCUT2D eigenvalue weighted by atomic mass is 33.1. The van der Waals surface area contributed by atoms with Crippen molar-refractivity contribution < 1.29 is 4.79 Å². The number of unbranched alkanes of at least 4 members (excludes halogenated alkanes) is 3. The van der Waals surface area contributed by atoms with Gasteiger partial charge in [0, 0.05) is 11.7 Å². The van der Waals surface area contributed by atoms with E-state index in [0.29, 0.717) is 0 Å². The number of aldehydes is 1. The minimum absolute atomic E-state index is 0.728. The van der Waals surface area contributed by atoms with Crippen molar-refractivity contribution in [3.8, 4) is 0 Å². The van der Waals surface area contributed by atoms with Gasteiger partial charge in [-0.25, -0.2) is 0 Å². The fourth-order valence-electron chi connectivity index (χ4n) is 1.15. The van der Waals surface area contributed by atoms with E-state index in [0.717, 1.165) is 24.4 Å². The SMILES string of the molecule is O=CCCCCCC1C=CSS1. The van der Waals surface area contributed by atoms with Gasteiger partial charge in [0.2, 0.25) is 0 Å². The smallest absolute Gasteiger partial charge is 0.119 e. The van der Waals surface area contributed by atoms with E-state index < -0.39 is 0 Å². The number of hydrogen-bond donors (Lipinski definition) is 0. The fraction of sp³-hybridized carbons (Fsp3) is 0.667. The molecule has 1 heterocycles. The summed E-state index contributed by atoms with van der Waals surface area (Å²) in [7, 11) is 3.77. The van der Waals surface area contributed by atoms with Crippen molar-refractivity contribution in [3.05, 3.63) is 11.5 Å². The van der Waals surface area contributed by atoms with E-state index in [4.69, 9.17) is 0 Å². The summed E-state index contributed by atoms with van der Waals surface area (Å²) < 4.78 is 0. The van der Waals surface area contributed by atoms with Gasteiger partial charge in [-0.3, -0.25) is 0 Å². The molecular formula is C9H14OS2. The maximum absolute atomic E-state index is 10.0. The highest BCUT2D eigenvalue weighted by molar-refractivity contribution is 8.78. The molecule has 1 aliphatic rings. The number of hydrogen-bond acceptors (Lipinski definition) is 3. The molecule has 0 saturated carbocycles. The van der Waals surface area contributed by atoms with Gasteiger partial charge in [0.05, 0.1) is 0 Å². The first-order chi connectivity index (χ1) is 5.93. The van der Waals surface area contributed by atoms with E-state index >= 15 is 0 Å². The Hall–Kier alpha value is 0.110. The van der Waals surface area contributed by atoms with E-state index in [9.17, 15) is 4.79 Å². The lowest BCUT2D eigenvalue weighted by Gasteiger charge is -2.04. The summed E-state index contributed by atoms with van der Waals surface area (Å²) in [5, 5.41) is 2.90. The second-order valence-electron chi connectivity index (χ2n) is 2.86. The molecule has 0 radical (unpaired) electrons. The van der Waals surface area contributed by atoms with Gasteiger partial charge < -0.3 is 4.79 Å². The van der Waals surface area contributed by atoms with E-state index in [2.05, 4.69) is 11.5 Å². The van der Waals surface area contributed by atoms with Crippen LogP contribution in [0.3, 0.4) is 0 Å². The lowest BCUT2D eigenvalue weighted by Crippen LogP contribution is -1.93. The van der Waals surface area contributed by atoms with Gasteiger partial charge in [-0.2, -0.15) is 0 Å². The quantitative estimate of drug-likeness (QED) is 0.373. The maximum atomic E-state index is 10.0. The van der Waals surface area contributed by atoms with Crippen LogP contribution in [-0.4, -0.2) is 11.5 Å². The molecule has 0 saturated heterocycles. The maximum Gasteiger partial charge on any atom is 0.119 e. The zero-order chi connectivity index (χ0) is 8.65. The standard InChI is InChI=1S/C9H14OS2/c10-7-4-2-1-3-5-9-6-8-11-12-9/h6-9H,1-5H2. The lowest BCUT2D eigenvalue weighted by molar-refractivity contribution is -0.107. The van der Waals surface area contributed by atoms with Crippen molar-refractivity contribution in [1.82, 2.24) is 0 Å². The second-order valence-corrected chi connectivity index (χ2v) is 5.28. The first-order valence-electron chi connectivity index (χ1n) is 4.36. The van der Waals surface area contributed by atoms with E-state index in [1.54, 1.807) is 0 Å². The molecule has 1 rings (SSSR count). The van der Waals surface area contributed by atoms with Gasteiger partial charge in [0.15, 0.2) is 0 Å². The Balaban J connectivity index is 1.88. The van der Waals surface area contributed by atoms with Crippen LogP contribution in [0, 0.1) is 0 Å². The average Bonchev–Trinajstić information content (AvgIpc) is 2.57. The lowest BCUT2D eigenvalue weighted by atomic mass is 10.1. The van der Waals surface area contributed by atoms with Crippen molar-refractivity contribution in [2.75, 3.05) is 0 Å². The molecule has 0 aromatic rings. The third-order valence-corrected chi connectivity index (χ3v) is 4.27. The summed E-state index contributed by atoms with van der Waals surface area (Å²) in [6, 6.07) is 0. The molecule has 3 heteroatoms. The topological polar surface area (TPSA) is 17.1 Å². The molecule has 0 aromatic heterocycles. The van der Waals surface area contributed by atoms with Crippen LogP contribution in [0.25, 0.3) is 0 Å². The van der Waals surface area contributed by atoms with Crippen molar-refractivity contribution in [2.24, 2.45) is 0 Å². The largest absolute Gasteiger partial charge is 0.303 e. The summed E-state index contributed by atoms with van der Waals surface area (Å²) in [6.07, 6.45) is 8.83. The van der Waals surface area contributed by atoms with E-state index in [-0.39, 0.29) is 0 Å². The summed E-state index contributed by atoms with van der Waals surface area (Å²) in [6.45, 7) is 0. The van der Waals surface area contributed by atoms with Crippen LogP contribution >= 0.6 is 21.6 Å². The van der Waals surface area contributed by atoms with Crippen LogP contribution in [0.1, 0.15) is 32.1 Å². The Bertz CT molecular complexity index is 157. The van der Waals surface area contributed by atoms with Crippen LogP contribution < -0.4 is 0 Å². The zero-order valence-corrected chi connectivity index (χ0v) is 8.70. The molecule has 0 aliphatic carbocycles. The minimum atomic E-state index is 0.728. The summed E-state index contributed by atoms with van der Waals surface area (Å²) in [4.78, 5) is 10.0. The van der Waals surface area contributed by atoms with Crippen molar-refractivity contribution in [1.29, 1.82) is 0 Å². The van der Waals surface area contributed by atoms with Crippen LogP contribution in [0.15, 0.2) is 11.5 Å². The van der Waals surface area contributed by atoms with Gasteiger partial charge in [-0.1, -0.05) is 40.5 Å². The Kier molecular flexibility index (Phi) is 5.61. The normalized spacial score (nSPS) is 21.5. The minimum Gasteiger partial charge on any atom is -0.303 e. The molecule has 1 atom stereocenters. The third kappa shape index (κ3) is 4.21. The van der Waals surface area contributed by atoms with E-state index in [1.807, 2.05) is 21.6 Å². The average molecular weight is 202 g/mol. The Morgan fingerprint density at radius 1 is 1.33 bits per heavy atom. The van der Waals surface area contributed by atoms with Gasteiger partial charge in [-0.05, 0) is 18.2 Å². The van der Waals surface area contributed by atoms with Gasteiger partial charge in [0.1, 0.15) is 6.29 Å². The summed E-state index contributed by atoms with van der Waals surface area (Å²) in [5.74, 6) is 0. The first kappa shape index (κ1) is 10.2. The van der Waals surface area contributed by atoms with Crippen molar-refractivity contribution >= 4 is 27.9 Å². The molecule has 0 N–H and O–H groups in total. The zero-order valence-electron chi connectivity index (χ0n) is 7.07. The third-order valence-electron chi connectivity index (χ3n) is 1.84. The number of carbonyl (C=O) groups excluding carboxylic acids is 1. The Labute approximate surface area is 81.8 Å². The predicted octanol–water partition coefficient (Wildman–Crippen LogP) is 3.41. The molecule has 12 heavy (non-hydrogen) atoms. The fourth-order valence-corrected chi connectivity index (χ4v) is 3.41. The van der Waals surface area contributed by atoms with Gasteiger partial charge >= 0.3 is 0 Å². The Morgan fingerprint density at radius 2 is 2.25 bits per heavy atom. The van der Waals surface area contributed by atoms with Crippen molar-refractivity contribution in [2.45, 2.75) is 37.4 Å². The summed E-state index contributed by atoms with van der Waals surface area (Å²) >= 11 is 0. The van der Waals surface area contributed by atoms with Crippen LogP contribution in [-0.2, 0) is 4.79 Å². The van der Waals surface area contributed by atoms with E-state index in [1.165, 1.54) is 19.3 Å². The molecule has 1 aliphatic heterocycles. The number of rotatable bonds is 6. The monoisotopic (exact) mass is 202 g/mol. The summed E-state index contributed by atoms with van der Waals surface area (Å²) in [5.41, 5.74) is 0. The molecule has 0 spiro atoms. The molecule has 0 bridgehead atoms. The van der Waals surface area contributed by atoms with Crippen LogP contribution in [0.5, 0.6) is 0 Å². The molecule has 0 aromatic carbocycles. The molecular weight excluding hydrogens is 188 g/mol. The molecule has 1 unspecified atom stereocenters. The second kappa shape index (κ2) is 6.61. The highest BCUT2D eigenvalue weighted by Crippen LogP contribution is 2.37. The molecule has 68 valence electrons. The predicted molar refractivity (Wildman–Crippen MR) is 57.3 cm³/mol.